The van der Waals surface area contributed by atoms with E-state index in [2.05, 4.69) is 47.7 Å². The second-order valence-electron chi connectivity index (χ2n) is 12.0. The highest BCUT2D eigenvalue weighted by Crippen LogP contribution is 2.51. The highest BCUT2D eigenvalue weighted by atomic mass is 28.4. The Bertz CT molecular complexity index is 1130. The SMILES string of the molecule is CC(C)[C@@H]1C[C@H](O[Si](C)(C)C(C)(C)C)[C@@]2(C)Oc3cc(-c4ccccc4)oc(=O)c3C(=O)[C@@H]2C1. The minimum atomic E-state index is -2.14. The molecule has 4 rings (SSSR count). The number of carbonyl (C=O) groups excluding carboxylic acids is 1. The van der Waals surface area contributed by atoms with E-state index in [4.69, 9.17) is 13.6 Å². The Morgan fingerprint density at radius 2 is 1.74 bits per heavy atom. The Morgan fingerprint density at radius 3 is 2.32 bits per heavy atom. The number of rotatable bonds is 4. The molecule has 2 heterocycles. The van der Waals surface area contributed by atoms with Gasteiger partial charge in [-0.3, -0.25) is 4.79 Å². The number of benzene rings is 1. The smallest absolute Gasteiger partial charge is 0.351 e. The summed E-state index contributed by atoms with van der Waals surface area (Å²) in [6.07, 6.45) is 1.29. The summed E-state index contributed by atoms with van der Waals surface area (Å²) in [6, 6.07) is 11.1. The van der Waals surface area contributed by atoms with Crippen LogP contribution in [0, 0.1) is 17.8 Å². The number of ether oxygens (including phenoxy) is 1. The molecule has 0 radical (unpaired) electrons. The Kier molecular flexibility index (Phi) is 6.22. The summed E-state index contributed by atoms with van der Waals surface area (Å²) >= 11 is 0. The van der Waals surface area contributed by atoms with Gasteiger partial charge in [0.2, 0.25) is 0 Å². The predicted molar refractivity (Wildman–Crippen MR) is 137 cm³/mol. The minimum Gasteiger partial charge on any atom is -0.483 e. The van der Waals surface area contributed by atoms with Gasteiger partial charge >= 0.3 is 5.63 Å². The molecule has 34 heavy (non-hydrogen) atoms. The van der Waals surface area contributed by atoms with Crippen LogP contribution in [0.5, 0.6) is 5.75 Å². The van der Waals surface area contributed by atoms with E-state index in [0.29, 0.717) is 29.8 Å². The second kappa shape index (κ2) is 8.49. The molecule has 0 amide bonds. The van der Waals surface area contributed by atoms with E-state index in [1.807, 2.05) is 37.3 Å². The molecule has 6 heteroatoms. The lowest BCUT2D eigenvalue weighted by molar-refractivity contribution is -0.111. The van der Waals surface area contributed by atoms with E-state index in [9.17, 15) is 9.59 Å². The molecular weight excluding hydrogens is 444 g/mol. The lowest BCUT2D eigenvalue weighted by atomic mass is 9.64. The zero-order valence-corrected chi connectivity index (χ0v) is 22.7. The van der Waals surface area contributed by atoms with Crippen LogP contribution in [-0.2, 0) is 4.43 Å². The van der Waals surface area contributed by atoms with Crippen molar-refractivity contribution >= 4 is 14.1 Å². The minimum absolute atomic E-state index is 0.0295. The van der Waals surface area contributed by atoms with Gasteiger partial charge in [-0.1, -0.05) is 65.0 Å². The molecule has 0 N–H and O–H groups in total. The molecule has 1 aliphatic carbocycles. The molecule has 1 aliphatic heterocycles. The molecule has 0 saturated heterocycles. The number of ketones is 1. The summed E-state index contributed by atoms with van der Waals surface area (Å²) in [7, 11) is -2.14. The summed E-state index contributed by atoms with van der Waals surface area (Å²) < 4.78 is 19.2. The quantitative estimate of drug-likeness (QED) is 0.453. The number of hydrogen-bond acceptors (Lipinski definition) is 5. The van der Waals surface area contributed by atoms with E-state index >= 15 is 0 Å². The van der Waals surface area contributed by atoms with E-state index < -0.39 is 25.5 Å². The fraction of sp³-hybridized carbons (Fsp3) is 0.571. The highest BCUT2D eigenvalue weighted by Gasteiger charge is 2.58. The molecule has 2 aliphatic rings. The topological polar surface area (TPSA) is 65.7 Å². The molecule has 5 nitrogen and oxygen atoms in total. The Balaban J connectivity index is 1.81. The summed E-state index contributed by atoms with van der Waals surface area (Å²) in [4.78, 5) is 26.8. The lowest BCUT2D eigenvalue weighted by Gasteiger charge is -2.54. The third kappa shape index (κ3) is 4.20. The van der Waals surface area contributed by atoms with Crippen molar-refractivity contribution in [2.24, 2.45) is 17.8 Å². The van der Waals surface area contributed by atoms with Crippen molar-refractivity contribution in [1.82, 2.24) is 0 Å². The zero-order valence-electron chi connectivity index (χ0n) is 21.7. The van der Waals surface area contributed by atoms with E-state index in [1.54, 1.807) is 6.07 Å². The average Bonchev–Trinajstić information content (AvgIpc) is 2.73. The number of fused-ring (bicyclic) bond motifs is 2. The van der Waals surface area contributed by atoms with Gasteiger partial charge in [0.25, 0.3) is 0 Å². The maximum absolute atomic E-state index is 13.8. The highest BCUT2D eigenvalue weighted by molar-refractivity contribution is 6.74. The standard InChI is InChI=1S/C28H38O5Si/c1-17(2)19-14-20-25(29)24-22(16-21(31-26(24)30)18-12-10-9-11-13-18)32-28(20,6)23(15-19)33-34(7,8)27(3,4)5/h9-13,16-17,19-20,23H,14-15H2,1-8H3/t19-,20-,23-,28-/m0/s1. The van der Waals surface area contributed by atoms with Crippen LogP contribution >= 0.6 is 0 Å². The molecule has 0 spiro atoms. The second-order valence-corrected chi connectivity index (χ2v) is 16.8. The van der Waals surface area contributed by atoms with Gasteiger partial charge in [-0.25, -0.2) is 4.79 Å². The van der Waals surface area contributed by atoms with E-state index in [-0.39, 0.29) is 22.5 Å². The molecule has 1 saturated carbocycles. The van der Waals surface area contributed by atoms with Crippen molar-refractivity contribution in [3.63, 3.8) is 0 Å². The molecule has 0 bridgehead atoms. The summed E-state index contributed by atoms with van der Waals surface area (Å²) in [6.45, 7) is 17.5. The first kappa shape index (κ1) is 24.9. The number of Topliss-reactive ketones (excluding diaryl/α,β-unsaturated/α-hetero) is 1. The summed E-state index contributed by atoms with van der Waals surface area (Å²) in [5.74, 6) is 0.814. The predicted octanol–water partition coefficient (Wildman–Crippen LogP) is 6.71. The van der Waals surface area contributed by atoms with Gasteiger partial charge in [0.15, 0.2) is 14.1 Å². The Labute approximate surface area is 204 Å². The first-order valence-corrected chi connectivity index (χ1v) is 15.3. The van der Waals surface area contributed by atoms with Crippen LogP contribution in [-0.4, -0.2) is 25.8 Å². The monoisotopic (exact) mass is 482 g/mol. The maximum atomic E-state index is 13.8. The van der Waals surface area contributed by atoms with Crippen LogP contribution in [0.2, 0.25) is 18.1 Å². The zero-order chi connectivity index (χ0) is 25.1. The number of carbonyl (C=O) groups is 1. The number of hydrogen-bond donors (Lipinski definition) is 0. The first-order valence-electron chi connectivity index (χ1n) is 12.4. The maximum Gasteiger partial charge on any atom is 0.351 e. The third-order valence-corrected chi connectivity index (χ3v) is 12.9. The largest absolute Gasteiger partial charge is 0.483 e. The van der Waals surface area contributed by atoms with Gasteiger partial charge in [0.05, 0.1) is 12.0 Å². The summed E-state index contributed by atoms with van der Waals surface area (Å²) in [5.41, 5.74) is -0.662. The lowest BCUT2D eigenvalue weighted by Crippen LogP contribution is -2.64. The normalized spacial score (nSPS) is 27.2. The van der Waals surface area contributed by atoms with Crippen molar-refractivity contribution < 1.29 is 18.4 Å². The fourth-order valence-corrected chi connectivity index (χ4v) is 6.44. The van der Waals surface area contributed by atoms with Gasteiger partial charge in [-0.05, 0) is 49.7 Å². The van der Waals surface area contributed by atoms with Crippen molar-refractivity contribution in [2.75, 3.05) is 0 Å². The van der Waals surface area contributed by atoms with E-state index in [1.165, 1.54) is 0 Å². The van der Waals surface area contributed by atoms with Crippen LogP contribution in [0.25, 0.3) is 11.3 Å². The van der Waals surface area contributed by atoms with Gasteiger partial charge in [0, 0.05) is 11.6 Å². The van der Waals surface area contributed by atoms with Crippen LogP contribution in [0.4, 0.5) is 0 Å². The molecule has 1 fully saturated rings. The van der Waals surface area contributed by atoms with E-state index in [0.717, 1.165) is 12.0 Å². The molecule has 184 valence electrons. The fourth-order valence-electron chi connectivity index (χ4n) is 5.04. The van der Waals surface area contributed by atoms with Crippen molar-refractivity contribution in [2.45, 2.75) is 84.2 Å². The third-order valence-electron chi connectivity index (χ3n) is 8.44. The van der Waals surface area contributed by atoms with Gasteiger partial charge < -0.3 is 13.6 Å². The van der Waals surface area contributed by atoms with Crippen LogP contribution < -0.4 is 10.4 Å². The van der Waals surface area contributed by atoms with Crippen LogP contribution in [0.1, 0.15) is 64.7 Å². The first-order chi connectivity index (χ1) is 15.7. The average molecular weight is 483 g/mol. The molecular formula is C28H38O5Si. The Hall–Kier alpha value is -2.18. The van der Waals surface area contributed by atoms with Crippen LogP contribution in [0.3, 0.4) is 0 Å². The summed E-state index contributed by atoms with van der Waals surface area (Å²) in [5, 5.41) is 0.0295. The van der Waals surface area contributed by atoms with Gasteiger partial charge in [-0.2, -0.15) is 0 Å². The van der Waals surface area contributed by atoms with Crippen molar-refractivity contribution in [3.8, 4) is 17.1 Å². The Morgan fingerprint density at radius 1 is 1.09 bits per heavy atom. The molecule has 1 aromatic carbocycles. The molecule has 0 unspecified atom stereocenters. The molecule has 1 aromatic heterocycles. The van der Waals surface area contributed by atoms with Gasteiger partial charge in [-0.15, -0.1) is 0 Å². The van der Waals surface area contributed by atoms with Crippen molar-refractivity contribution in [1.29, 1.82) is 0 Å². The molecule has 2 aromatic rings. The van der Waals surface area contributed by atoms with Crippen LogP contribution in [0.15, 0.2) is 45.6 Å². The van der Waals surface area contributed by atoms with Gasteiger partial charge in [0.1, 0.15) is 22.7 Å². The molecule has 4 atom stereocenters. The van der Waals surface area contributed by atoms with Crippen molar-refractivity contribution in [3.05, 3.63) is 52.4 Å².